The van der Waals surface area contributed by atoms with Crippen LogP contribution in [0.1, 0.15) is 11.4 Å². The first-order chi connectivity index (χ1) is 10.1. The Hall–Kier alpha value is -2.11. The quantitative estimate of drug-likeness (QED) is 0.797. The Morgan fingerprint density at radius 3 is 2.71 bits per heavy atom. The minimum absolute atomic E-state index is 0.322. The van der Waals surface area contributed by atoms with Gasteiger partial charge in [-0.3, -0.25) is 0 Å². The van der Waals surface area contributed by atoms with E-state index in [-0.39, 0.29) is 0 Å². The molecule has 0 spiro atoms. The zero-order chi connectivity index (χ0) is 14.8. The van der Waals surface area contributed by atoms with Crippen molar-refractivity contribution in [2.24, 2.45) is 0 Å². The monoisotopic (exact) mass is 320 g/mol. The Kier molecular flexibility index (Phi) is 3.77. The van der Waals surface area contributed by atoms with Crippen LogP contribution in [0.25, 0.3) is 11.6 Å². The summed E-state index contributed by atoms with van der Waals surface area (Å²) in [6.45, 7) is 0. The fourth-order valence-corrected chi connectivity index (χ4v) is 2.31. The molecule has 0 aliphatic heterocycles. The van der Waals surface area contributed by atoms with Crippen LogP contribution in [-0.4, -0.2) is 15.1 Å². The predicted molar refractivity (Wildman–Crippen MR) is 81.2 cm³/mol. The highest BCUT2D eigenvalue weighted by Gasteiger charge is 2.12. The summed E-state index contributed by atoms with van der Waals surface area (Å²) in [5.74, 6) is 1.23. The smallest absolute Gasteiger partial charge is 0.276 e. The third kappa shape index (κ3) is 3.15. The Labute approximate surface area is 130 Å². The fourth-order valence-electron chi connectivity index (χ4n) is 1.84. The molecule has 0 saturated heterocycles. The summed E-state index contributed by atoms with van der Waals surface area (Å²) in [4.78, 5) is 8.42. The molecule has 2 N–H and O–H groups in total. The third-order valence-corrected chi connectivity index (χ3v) is 3.41. The number of halogens is 2. The van der Waals surface area contributed by atoms with Gasteiger partial charge in [-0.1, -0.05) is 40.5 Å². The van der Waals surface area contributed by atoms with E-state index in [4.69, 9.17) is 33.5 Å². The molecular formula is C14H10Cl2N4O. The molecule has 0 fully saturated rings. The molecule has 0 aliphatic rings. The molecular weight excluding hydrogens is 311 g/mol. The summed E-state index contributed by atoms with van der Waals surface area (Å²) in [5.41, 5.74) is 7.04. The van der Waals surface area contributed by atoms with Gasteiger partial charge in [0.25, 0.3) is 5.89 Å². The summed E-state index contributed by atoms with van der Waals surface area (Å²) >= 11 is 12.0. The molecule has 5 nitrogen and oxygen atoms in total. The van der Waals surface area contributed by atoms with Crippen LogP contribution in [0.15, 0.2) is 40.9 Å². The Bertz CT molecular complexity index is 788. The predicted octanol–water partition coefficient (Wildman–Crippen LogP) is 3.61. The first-order valence-electron chi connectivity index (χ1n) is 6.11. The van der Waals surface area contributed by atoms with Crippen molar-refractivity contribution in [1.29, 1.82) is 0 Å². The normalized spacial score (nSPS) is 10.8. The number of pyridine rings is 1. The summed E-state index contributed by atoms with van der Waals surface area (Å²) < 4.78 is 5.19. The van der Waals surface area contributed by atoms with Gasteiger partial charge in [0, 0.05) is 16.5 Å². The molecule has 0 aliphatic carbocycles. The molecule has 0 radical (unpaired) electrons. The van der Waals surface area contributed by atoms with Gasteiger partial charge in [-0.15, -0.1) is 0 Å². The molecule has 3 aromatic rings. The highest BCUT2D eigenvalue weighted by atomic mass is 35.5. The standard InChI is InChI=1S/C14H10Cl2N4O/c15-9-5-4-8(10(16)7-9)6-13-19-14(21-20-13)11-2-1-3-12(17)18-11/h1-5,7H,6H2,(H2,17,18). The van der Waals surface area contributed by atoms with Gasteiger partial charge in [-0.05, 0) is 29.8 Å². The number of nitrogens with two attached hydrogens (primary N) is 1. The lowest BCUT2D eigenvalue weighted by Crippen LogP contribution is -1.93. The summed E-state index contributed by atoms with van der Waals surface area (Å²) in [5, 5.41) is 5.07. The Morgan fingerprint density at radius 2 is 1.95 bits per heavy atom. The van der Waals surface area contributed by atoms with E-state index in [0.29, 0.717) is 39.7 Å². The maximum atomic E-state index is 6.12. The zero-order valence-corrected chi connectivity index (χ0v) is 12.3. The van der Waals surface area contributed by atoms with E-state index in [9.17, 15) is 0 Å². The minimum Gasteiger partial charge on any atom is -0.384 e. The Balaban J connectivity index is 1.85. The van der Waals surface area contributed by atoms with Gasteiger partial charge in [0.05, 0.1) is 0 Å². The molecule has 1 aromatic carbocycles. The van der Waals surface area contributed by atoms with Gasteiger partial charge in [0.2, 0.25) is 0 Å². The van der Waals surface area contributed by atoms with Crippen molar-refractivity contribution in [3.63, 3.8) is 0 Å². The van der Waals surface area contributed by atoms with Crippen LogP contribution in [0.4, 0.5) is 5.82 Å². The average molecular weight is 321 g/mol. The maximum Gasteiger partial charge on any atom is 0.276 e. The van der Waals surface area contributed by atoms with Crippen molar-refractivity contribution >= 4 is 29.0 Å². The van der Waals surface area contributed by atoms with E-state index in [1.165, 1.54) is 0 Å². The van der Waals surface area contributed by atoms with Gasteiger partial charge in [-0.25, -0.2) is 4.98 Å². The van der Waals surface area contributed by atoms with Gasteiger partial charge < -0.3 is 10.3 Å². The lowest BCUT2D eigenvalue weighted by molar-refractivity contribution is 0.422. The van der Waals surface area contributed by atoms with Crippen LogP contribution < -0.4 is 5.73 Å². The number of rotatable bonds is 3. The van der Waals surface area contributed by atoms with E-state index in [1.54, 1.807) is 30.3 Å². The third-order valence-electron chi connectivity index (χ3n) is 2.82. The molecule has 21 heavy (non-hydrogen) atoms. The van der Waals surface area contributed by atoms with Crippen LogP contribution in [0, 0.1) is 0 Å². The van der Waals surface area contributed by atoms with Gasteiger partial charge in [-0.2, -0.15) is 4.98 Å². The molecule has 0 atom stereocenters. The second kappa shape index (κ2) is 5.71. The average Bonchev–Trinajstić information content (AvgIpc) is 2.91. The van der Waals surface area contributed by atoms with Gasteiger partial charge >= 0.3 is 0 Å². The van der Waals surface area contributed by atoms with Crippen LogP contribution in [0.2, 0.25) is 10.0 Å². The van der Waals surface area contributed by atoms with Crippen LogP contribution in [0.3, 0.4) is 0 Å². The molecule has 0 amide bonds. The topological polar surface area (TPSA) is 77.8 Å². The number of benzene rings is 1. The second-order valence-corrected chi connectivity index (χ2v) is 5.22. The second-order valence-electron chi connectivity index (χ2n) is 4.38. The Morgan fingerprint density at radius 1 is 1.10 bits per heavy atom. The van der Waals surface area contributed by atoms with Crippen molar-refractivity contribution in [3.05, 3.63) is 57.8 Å². The number of nitrogen functional groups attached to an aromatic ring is 1. The van der Waals surface area contributed by atoms with E-state index in [0.717, 1.165) is 5.56 Å². The van der Waals surface area contributed by atoms with E-state index in [1.807, 2.05) is 6.07 Å². The summed E-state index contributed by atoms with van der Waals surface area (Å²) in [6, 6.07) is 10.5. The van der Waals surface area contributed by atoms with Crippen molar-refractivity contribution in [3.8, 4) is 11.6 Å². The first-order valence-corrected chi connectivity index (χ1v) is 6.87. The maximum absolute atomic E-state index is 6.12. The van der Waals surface area contributed by atoms with Gasteiger partial charge in [0.1, 0.15) is 11.5 Å². The minimum atomic E-state index is 0.322. The molecule has 0 bridgehead atoms. The molecule has 0 unspecified atom stereocenters. The van der Waals surface area contributed by atoms with Crippen molar-refractivity contribution < 1.29 is 4.52 Å². The molecule has 7 heteroatoms. The van der Waals surface area contributed by atoms with Crippen LogP contribution in [0.5, 0.6) is 0 Å². The summed E-state index contributed by atoms with van der Waals surface area (Å²) in [6.07, 6.45) is 0.446. The highest BCUT2D eigenvalue weighted by molar-refractivity contribution is 6.35. The lowest BCUT2D eigenvalue weighted by atomic mass is 10.1. The van der Waals surface area contributed by atoms with Crippen LogP contribution >= 0.6 is 23.2 Å². The summed E-state index contributed by atoms with van der Waals surface area (Å²) in [7, 11) is 0. The molecule has 3 rings (SSSR count). The highest BCUT2D eigenvalue weighted by Crippen LogP contribution is 2.23. The van der Waals surface area contributed by atoms with Crippen molar-refractivity contribution in [1.82, 2.24) is 15.1 Å². The van der Waals surface area contributed by atoms with Crippen molar-refractivity contribution in [2.45, 2.75) is 6.42 Å². The van der Waals surface area contributed by atoms with E-state index in [2.05, 4.69) is 15.1 Å². The van der Waals surface area contributed by atoms with Crippen LogP contribution in [-0.2, 0) is 6.42 Å². The largest absolute Gasteiger partial charge is 0.384 e. The SMILES string of the molecule is Nc1cccc(-c2nc(Cc3ccc(Cl)cc3Cl)no2)n1. The van der Waals surface area contributed by atoms with Gasteiger partial charge in [0.15, 0.2) is 5.82 Å². The molecule has 106 valence electrons. The van der Waals surface area contributed by atoms with E-state index >= 15 is 0 Å². The molecule has 2 aromatic heterocycles. The number of nitrogens with zero attached hydrogens (tertiary/aromatic N) is 3. The fraction of sp³-hybridized carbons (Fsp3) is 0.0714. The molecule has 2 heterocycles. The number of hydrogen-bond acceptors (Lipinski definition) is 5. The zero-order valence-electron chi connectivity index (χ0n) is 10.8. The number of hydrogen-bond donors (Lipinski definition) is 1. The number of aromatic nitrogens is 3. The lowest BCUT2D eigenvalue weighted by Gasteiger charge is -2.00. The molecule has 0 saturated carbocycles. The van der Waals surface area contributed by atoms with E-state index < -0.39 is 0 Å². The number of anilines is 1. The van der Waals surface area contributed by atoms with Crippen molar-refractivity contribution in [2.75, 3.05) is 5.73 Å². The first kappa shape index (κ1) is 13.9.